The summed E-state index contributed by atoms with van der Waals surface area (Å²) in [7, 11) is 0. The van der Waals surface area contributed by atoms with E-state index < -0.39 is 0 Å². The quantitative estimate of drug-likeness (QED) is 0.646. The Hall–Kier alpha value is -0.840. The fourth-order valence-electron chi connectivity index (χ4n) is 0.992. The number of nitrogens with zero attached hydrogens (tertiary/aromatic N) is 1. The molecule has 0 aromatic heterocycles. The van der Waals surface area contributed by atoms with Crippen molar-refractivity contribution in [2.75, 3.05) is 0 Å². The predicted octanol–water partition coefficient (Wildman–Crippen LogP) is 2.69. The summed E-state index contributed by atoms with van der Waals surface area (Å²) in [6, 6.07) is 1.87. The Kier molecular flexibility index (Phi) is 4.58. The summed E-state index contributed by atoms with van der Waals surface area (Å²) in [5.41, 5.74) is 0.299. The standard InChI is InChI=1S/C10H17NO/c1-10(2,3)7-4-5-9(12)6-8-11/h4-7H2,1-3H3. The molecule has 0 heterocycles. The maximum atomic E-state index is 10.9. The summed E-state index contributed by atoms with van der Waals surface area (Å²) in [5.74, 6) is 0.0711. The second-order valence-electron chi connectivity index (χ2n) is 4.29. The van der Waals surface area contributed by atoms with E-state index >= 15 is 0 Å². The van der Waals surface area contributed by atoms with Crippen molar-refractivity contribution in [3.63, 3.8) is 0 Å². The van der Waals surface area contributed by atoms with E-state index in [-0.39, 0.29) is 12.2 Å². The Balaban J connectivity index is 3.45. The van der Waals surface area contributed by atoms with E-state index in [4.69, 9.17) is 5.26 Å². The van der Waals surface area contributed by atoms with Gasteiger partial charge in [0, 0.05) is 6.42 Å². The van der Waals surface area contributed by atoms with Gasteiger partial charge in [0.25, 0.3) is 0 Å². The molecule has 2 heteroatoms. The van der Waals surface area contributed by atoms with E-state index in [0.29, 0.717) is 11.8 Å². The number of carbonyl (C=O) groups excluding carboxylic acids is 1. The van der Waals surface area contributed by atoms with E-state index in [2.05, 4.69) is 20.8 Å². The minimum absolute atomic E-state index is 0.0711. The molecule has 0 radical (unpaired) electrons. The molecule has 0 saturated heterocycles. The van der Waals surface area contributed by atoms with Gasteiger partial charge in [-0.3, -0.25) is 4.79 Å². The minimum Gasteiger partial charge on any atom is -0.299 e. The topological polar surface area (TPSA) is 40.9 Å². The zero-order valence-corrected chi connectivity index (χ0v) is 8.18. The van der Waals surface area contributed by atoms with Crippen LogP contribution in [0.25, 0.3) is 0 Å². The summed E-state index contributed by atoms with van der Waals surface area (Å²) in [4.78, 5) is 10.9. The maximum Gasteiger partial charge on any atom is 0.146 e. The Morgan fingerprint density at radius 1 is 1.42 bits per heavy atom. The zero-order valence-electron chi connectivity index (χ0n) is 8.18. The molecule has 12 heavy (non-hydrogen) atoms. The Morgan fingerprint density at radius 3 is 2.42 bits per heavy atom. The van der Waals surface area contributed by atoms with Crippen molar-refractivity contribution in [2.45, 2.75) is 46.5 Å². The molecule has 0 aromatic carbocycles. The Labute approximate surface area is 74.6 Å². The van der Waals surface area contributed by atoms with Crippen LogP contribution in [0.2, 0.25) is 0 Å². The second-order valence-corrected chi connectivity index (χ2v) is 4.29. The highest BCUT2D eigenvalue weighted by Crippen LogP contribution is 2.21. The van der Waals surface area contributed by atoms with Crippen LogP contribution in [-0.4, -0.2) is 5.78 Å². The van der Waals surface area contributed by atoms with Gasteiger partial charge < -0.3 is 0 Å². The molecule has 2 nitrogen and oxygen atoms in total. The Bertz CT molecular complexity index is 183. The third kappa shape index (κ3) is 7.27. The molecular formula is C10H17NO. The third-order valence-corrected chi connectivity index (χ3v) is 1.66. The molecule has 0 N–H and O–H groups in total. The molecule has 0 aliphatic carbocycles. The van der Waals surface area contributed by atoms with Gasteiger partial charge in [-0.25, -0.2) is 0 Å². The summed E-state index contributed by atoms with van der Waals surface area (Å²) >= 11 is 0. The SMILES string of the molecule is CC(C)(C)CCCC(=O)CC#N. The molecule has 0 aliphatic rings. The summed E-state index contributed by atoms with van der Waals surface area (Å²) in [6.45, 7) is 6.46. The molecular weight excluding hydrogens is 150 g/mol. The molecule has 0 spiro atoms. The third-order valence-electron chi connectivity index (χ3n) is 1.66. The van der Waals surface area contributed by atoms with Gasteiger partial charge in [0.2, 0.25) is 0 Å². The number of hydrogen-bond donors (Lipinski definition) is 0. The van der Waals surface area contributed by atoms with Crippen molar-refractivity contribution in [1.29, 1.82) is 5.26 Å². The summed E-state index contributed by atoms with van der Waals surface area (Å²) < 4.78 is 0. The number of Topliss-reactive ketones (excluding diaryl/α,β-unsaturated/α-hetero) is 1. The first-order valence-electron chi connectivity index (χ1n) is 4.34. The van der Waals surface area contributed by atoms with Crippen LogP contribution in [0.3, 0.4) is 0 Å². The van der Waals surface area contributed by atoms with E-state index in [9.17, 15) is 4.79 Å². The van der Waals surface area contributed by atoms with Crippen LogP contribution in [0.5, 0.6) is 0 Å². The molecule has 0 amide bonds. The highest BCUT2D eigenvalue weighted by molar-refractivity contribution is 5.80. The molecule has 0 unspecified atom stereocenters. The molecule has 0 aromatic rings. The first kappa shape index (κ1) is 11.2. The van der Waals surface area contributed by atoms with Gasteiger partial charge in [0.15, 0.2) is 0 Å². The lowest BCUT2D eigenvalue weighted by atomic mass is 9.89. The lowest BCUT2D eigenvalue weighted by molar-refractivity contribution is -0.118. The Morgan fingerprint density at radius 2 is 2.00 bits per heavy atom. The largest absolute Gasteiger partial charge is 0.299 e. The van der Waals surface area contributed by atoms with Crippen molar-refractivity contribution in [3.05, 3.63) is 0 Å². The number of hydrogen-bond acceptors (Lipinski definition) is 2. The fraction of sp³-hybridized carbons (Fsp3) is 0.800. The van der Waals surface area contributed by atoms with Crippen LogP contribution in [-0.2, 0) is 4.79 Å². The second kappa shape index (κ2) is 4.92. The monoisotopic (exact) mass is 167 g/mol. The maximum absolute atomic E-state index is 10.9. The van der Waals surface area contributed by atoms with Gasteiger partial charge in [-0.1, -0.05) is 20.8 Å². The van der Waals surface area contributed by atoms with Crippen molar-refractivity contribution in [1.82, 2.24) is 0 Å². The summed E-state index contributed by atoms with van der Waals surface area (Å²) in [5, 5.41) is 8.23. The van der Waals surface area contributed by atoms with E-state index in [1.165, 1.54) is 0 Å². The highest BCUT2D eigenvalue weighted by atomic mass is 16.1. The van der Waals surface area contributed by atoms with Gasteiger partial charge in [0.1, 0.15) is 5.78 Å². The molecule has 0 bridgehead atoms. The molecule has 0 aliphatic heterocycles. The van der Waals surface area contributed by atoms with E-state index in [0.717, 1.165) is 12.8 Å². The van der Waals surface area contributed by atoms with E-state index in [1.54, 1.807) is 0 Å². The smallest absolute Gasteiger partial charge is 0.146 e. The van der Waals surface area contributed by atoms with Crippen molar-refractivity contribution >= 4 is 5.78 Å². The van der Waals surface area contributed by atoms with Gasteiger partial charge in [0.05, 0.1) is 12.5 Å². The van der Waals surface area contributed by atoms with Gasteiger partial charge in [-0.2, -0.15) is 5.26 Å². The van der Waals surface area contributed by atoms with Crippen molar-refractivity contribution in [2.24, 2.45) is 5.41 Å². The van der Waals surface area contributed by atoms with E-state index in [1.807, 2.05) is 6.07 Å². The number of nitriles is 1. The molecule has 0 rings (SSSR count). The van der Waals surface area contributed by atoms with Crippen LogP contribution < -0.4 is 0 Å². The molecule has 0 atom stereocenters. The number of ketones is 1. The molecule has 0 fully saturated rings. The van der Waals surface area contributed by atoms with Gasteiger partial charge in [-0.05, 0) is 18.3 Å². The number of rotatable bonds is 4. The van der Waals surface area contributed by atoms with Crippen LogP contribution in [0.4, 0.5) is 0 Å². The van der Waals surface area contributed by atoms with Crippen LogP contribution >= 0.6 is 0 Å². The van der Waals surface area contributed by atoms with Gasteiger partial charge in [-0.15, -0.1) is 0 Å². The minimum atomic E-state index is 0.0711. The first-order chi connectivity index (χ1) is 5.45. The average Bonchev–Trinajstić information content (AvgIpc) is 1.84. The zero-order chi connectivity index (χ0) is 9.61. The number of carbonyl (C=O) groups is 1. The average molecular weight is 167 g/mol. The highest BCUT2D eigenvalue weighted by Gasteiger charge is 2.10. The normalized spacial score (nSPS) is 10.8. The molecule has 0 saturated carbocycles. The summed E-state index contributed by atoms with van der Waals surface area (Å²) in [6.07, 6.45) is 2.59. The lowest BCUT2D eigenvalue weighted by Crippen LogP contribution is -2.06. The fourth-order valence-corrected chi connectivity index (χ4v) is 0.992. The lowest BCUT2D eigenvalue weighted by Gasteiger charge is -2.16. The molecule has 68 valence electrons. The van der Waals surface area contributed by atoms with Crippen molar-refractivity contribution in [3.8, 4) is 6.07 Å². The van der Waals surface area contributed by atoms with Crippen LogP contribution in [0, 0.1) is 16.7 Å². The first-order valence-corrected chi connectivity index (χ1v) is 4.34. The van der Waals surface area contributed by atoms with Gasteiger partial charge >= 0.3 is 0 Å². The van der Waals surface area contributed by atoms with Crippen LogP contribution in [0.1, 0.15) is 46.5 Å². The van der Waals surface area contributed by atoms with Crippen LogP contribution in [0.15, 0.2) is 0 Å². The van der Waals surface area contributed by atoms with Crippen molar-refractivity contribution < 1.29 is 4.79 Å². The predicted molar refractivity (Wildman–Crippen MR) is 48.5 cm³/mol.